The number of anilines is 1. The van der Waals surface area contributed by atoms with E-state index in [-0.39, 0.29) is 0 Å². The van der Waals surface area contributed by atoms with E-state index in [2.05, 4.69) is 34.5 Å². The molecule has 0 radical (unpaired) electrons. The molecule has 2 aliphatic rings. The molecule has 1 atom stereocenters. The molecule has 0 saturated carbocycles. The van der Waals surface area contributed by atoms with Gasteiger partial charge in [0.25, 0.3) is 0 Å². The first-order chi connectivity index (χ1) is 10.8. The van der Waals surface area contributed by atoms with Gasteiger partial charge in [0.1, 0.15) is 0 Å². The fraction of sp³-hybridized carbons (Fsp3) is 0.667. The summed E-state index contributed by atoms with van der Waals surface area (Å²) in [6.07, 6.45) is 4.58. The highest BCUT2D eigenvalue weighted by Crippen LogP contribution is 2.20. The standard InChI is InChI=1S/C18H28N2O2/c21-13-15-6-8-20(9-7-15)12-16-3-1-4-17(11-16)19-18-5-2-10-22-14-18/h1,3-4,11,15,18-19,21H,2,5-10,12-14H2. The normalized spacial score (nSPS) is 24.3. The van der Waals surface area contributed by atoms with Crippen molar-refractivity contribution >= 4 is 5.69 Å². The van der Waals surface area contributed by atoms with E-state index in [4.69, 9.17) is 4.74 Å². The van der Waals surface area contributed by atoms with Gasteiger partial charge in [-0.3, -0.25) is 4.90 Å². The average molecular weight is 304 g/mol. The van der Waals surface area contributed by atoms with Crippen LogP contribution in [0.4, 0.5) is 5.69 Å². The molecule has 0 aromatic heterocycles. The van der Waals surface area contributed by atoms with Crippen LogP contribution < -0.4 is 5.32 Å². The van der Waals surface area contributed by atoms with Crippen molar-refractivity contribution in [2.45, 2.75) is 38.3 Å². The Bertz CT molecular complexity index is 452. The van der Waals surface area contributed by atoms with Crippen LogP contribution in [0.25, 0.3) is 0 Å². The molecule has 2 saturated heterocycles. The number of nitrogens with zero attached hydrogens (tertiary/aromatic N) is 1. The summed E-state index contributed by atoms with van der Waals surface area (Å²) in [7, 11) is 0. The minimum atomic E-state index is 0.344. The van der Waals surface area contributed by atoms with Gasteiger partial charge < -0.3 is 15.2 Å². The molecule has 0 spiro atoms. The highest BCUT2D eigenvalue weighted by Gasteiger charge is 2.18. The van der Waals surface area contributed by atoms with Gasteiger partial charge in [0, 0.05) is 31.5 Å². The van der Waals surface area contributed by atoms with Crippen molar-refractivity contribution in [2.75, 3.05) is 38.2 Å². The summed E-state index contributed by atoms with van der Waals surface area (Å²) < 4.78 is 5.54. The van der Waals surface area contributed by atoms with Crippen molar-refractivity contribution in [3.8, 4) is 0 Å². The van der Waals surface area contributed by atoms with E-state index in [1.165, 1.54) is 17.7 Å². The second kappa shape index (κ2) is 7.95. The summed E-state index contributed by atoms with van der Waals surface area (Å²) in [4.78, 5) is 2.50. The Morgan fingerprint density at radius 3 is 2.82 bits per heavy atom. The fourth-order valence-electron chi connectivity index (χ4n) is 3.44. The van der Waals surface area contributed by atoms with Gasteiger partial charge in [-0.25, -0.2) is 0 Å². The molecule has 3 rings (SSSR count). The topological polar surface area (TPSA) is 44.7 Å². The zero-order valence-corrected chi connectivity index (χ0v) is 13.3. The molecule has 2 aliphatic heterocycles. The predicted octanol–water partition coefficient (Wildman–Crippen LogP) is 2.48. The van der Waals surface area contributed by atoms with Crippen LogP contribution in [0.5, 0.6) is 0 Å². The molecular formula is C18H28N2O2. The minimum Gasteiger partial charge on any atom is -0.396 e. The van der Waals surface area contributed by atoms with E-state index >= 15 is 0 Å². The van der Waals surface area contributed by atoms with Crippen molar-refractivity contribution in [3.63, 3.8) is 0 Å². The number of ether oxygens (including phenoxy) is 1. The molecule has 2 heterocycles. The number of rotatable bonds is 5. The van der Waals surface area contributed by atoms with Gasteiger partial charge in [0.2, 0.25) is 0 Å². The first-order valence-corrected chi connectivity index (χ1v) is 8.60. The van der Waals surface area contributed by atoms with E-state index in [9.17, 15) is 5.11 Å². The predicted molar refractivity (Wildman–Crippen MR) is 89.0 cm³/mol. The Labute approximate surface area is 133 Å². The highest BCUT2D eigenvalue weighted by molar-refractivity contribution is 5.46. The molecule has 0 amide bonds. The largest absolute Gasteiger partial charge is 0.396 e. The maximum atomic E-state index is 9.22. The summed E-state index contributed by atoms with van der Waals surface area (Å²) >= 11 is 0. The quantitative estimate of drug-likeness (QED) is 0.877. The Morgan fingerprint density at radius 2 is 2.09 bits per heavy atom. The number of benzene rings is 1. The lowest BCUT2D eigenvalue weighted by molar-refractivity contribution is 0.0876. The summed E-state index contributed by atoms with van der Waals surface area (Å²) in [5.74, 6) is 0.510. The number of hydrogen-bond acceptors (Lipinski definition) is 4. The lowest BCUT2D eigenvalue weighted by atomic mass is 9.97. The zero-order valence-electron chi connectivity index (χ0n) is 13.3. The molecule has 1 aromatic carbocycles. The van der Waals surface area contributed by atoms with Crippen LogP contribution >= 0.6 is 0 Å². The van der Waals surface area contributed by atoms with Gasteiger partial charge in [0.05, 0.1) is 6.61 Å². The van der Waals surface area contributed by atoms with Crippen LogP contribution in [0.3, 0.4) is 0 Å². The summed E-state index contributed by atoms with van der Waals surface area (Å²) in [6, 6.07) is 9.22. The summed E-state index contributed by atoms with van der Waals surface area (Å²) in [6.45, 7) is 5.27. The zero-order chi connectivity index (χ0) is 15.2. The molecule has 2 fully saturated rings. The molecule has 2 N–H and O–H groups in total. The maximum absolute atomic E-state index is 9.22. The van der Waals surface area contributed by atoms with Crippen LogP contribution in [0.1, 0.15) is 31.2 Å². The third kappa shape index (κ3) is 4.45. The number of hydrogen-bond donors (Lipinski definition) is 2. The van der Waals surface area contributed by atoms with Crippen molar-refractivity contribution in [1.29, 1.82) is 0 Å². The first kappa shape index (κ1) is 15.8. The van der Waals surface area contributed by atoms with E-state index in [1.807, 2.05) is 0 Å². The Morgan fingerprint density at radius 1 is 1.23 bits per heavy atom. The molecular weight excluding hydrogens is 276 g/mol. The van der Waals surface area contributed by atoms with E-state index < -0.39 is 0 Å². The van der Waals surface area contributed by atoms with Gasteiger partial charge in [0.15, 0.2) is 0 Å². The molecule has 1 unspecified atom stereocenters. The lowest BCUT2D eigenvalue weighted by Crippen LogP contribution is -2.34. The average Bonchev–Trinajstić information content (AvgIpc) is 2.57. The van der Waals surface area contributed by atoms with E-state index in [1.54, 1.807) is 0 Å². The first-order valence-electron chi connectivity index (χ1n) is 8.60. The molecule has 4 nitrogen and oxygen atoms in total. The van der Waals surface area contributed by atoms with Crippen LogP contribution in [-0.2, 0) is 11.3 Å². The summed E-state index contributed by atoms with van der Waals surface area (Å²) in [5, 5.41) is 12.8. The van der Waals surface area contributed by atoms with Crippen LogP contribution in [-0.4, -0.2) is 49.0 Å². The highest BCUT2D eigenvalue weighted by atomic mass is 16.5. The smallest absolute Gasteiger partial charge is 0.0667 e. The van der Waals surface area contributed by atoms with Crippen molar-refractivity contribution in [1.82, 2.24) is 4.90 Å². The number of aliphatic hydroxyl groups is 1. The minimum absolute atomic E-state index is 0.344. The SMILES string of the molecule is OCC1CCN(Cc2cccc(NC3CCCOC3)c2)CC1. The second-order valence-electron chi connectivity index (χ2n) is 6.66. The van der Waals surface area contributed by atoms with Crippen molar-refractivity contribution < 1.29 is 9.84 Å². The monoisotopic (exact) mass is 304 g/mol. The van der Waals surface area contributed by atoms with Gasteiger partial charge in [-0.2, -0.15) is 0 Å². The molecule has 22 heavy (non-hydrogen) atoms. The fourth-order valence-corrected chi connectivity index (χ4v) is 3.44. The lowest BCUT2D eigenvalue weighted by Gasteiger charge is -2.31. The Balaban J connectivity index is 1.52. The Hall–Kier alpha value is -1.10. The third-order valence-electron chi connectivity index (χ3n) is 4.83. The number of piperidine rings is 1. The third-order valence-corrected chi connectivity index (χ3v) is 4.83. The van der Waals surface area contributed by atoms with Crippen LogP contribution in [0.15, 0.2) is 24.3 Å². The number of nitrogens with one attached hydrogen (secondary N) is 1. The molecule has 122 valence electrons. The van der Waals surface area contributed by atoms with Gasteiger partial charge in [-0.05, 0) is 62.4 Å². The van der Waals surface area contributed by atoms with Gasteiger partial charge in [-0.15, -0.1) is 0 Å². The summed E-state index contributed by atoms with van der Waals surface area (Å²) in [5.41, 5.74) is 2.57. The number of aliphatic hydroxyl groups excluding tert-OH is 1. The van der Waals surface area contributed by atoms with Gasteiger partial charge in [-0.1, -0.05) is 12.1 Å². The number of likely N-dealkylation sites (tertiary alicyclic amines) is 1. The van der Waals surface area contributed by atoms with Crippen LogP contribution in [0.2, 0.25) is 0 Å². The van der Waals surface area contributed by atoms with Crippen molar-refractivity contribution in [3.05, 3.63) is 29.8 Å². The van der Waals surface area contributed by atoms with E-state index in [0.717, 1.165) is 52.1 Å². The molecule has 1 aromatic rings. The van der Waals surface area contributed by atoms with Gasteiger partial charge >= 0.3 is 0 Å². The van der Waals surface area contributed by atoms with Crippen molar-refractivity contribution in [2.24, 2.45) is 5.92 Å². The molecule has 0 aliphatic carbocycles. The second-order valence-corrected chi connectivity index (χ2v) is 6.66. The Kier molecular flexibility index (Phi) is 5.70. The van der Waals surface area contributed by atoms with Crippen LogP contribution in [0, 0.1) is 5.92 Å². The maximum Gasteiger partial charge on any atom is 0.0667 e. The molecule has 4 heteroatoms. The van der Waals surface area contributed by atoms with E-state index in [0.29, 0.717) is 18.6 Å². The molecule has 0 bridgehead atoms.